The molecule has 0 aliphatic rings. The Morgan fingerprint density at radius 1 is 1.23 bits per heavy atom. The molecule has 13 heavy (non-hydrogen) atoms. The fourth-order valence-electron chi connectivity index (χ4n) is 0.861. The van der Waals surface area contributed by atoms with Crippen molar-refractivity contribution in [2.45, 2.75) is 6.16 Å². The largest absolute Gasteiger partial charge is 0.399 e. The predicted octanol–water partition coefficient (Wildman–Crippen LogP) is 1.37. The molecule has 0 bridgehead atoms. The summed E-state index contributed by atoms with van der Waals surface area (Å²) >= 11 is 0. The van der Waals surface area contributed by atoms with Gasteiger partial charge < -0.3 is 15.5 Å². The van der Waals surface area contributed by atoms with Crippen LogP contribution in [0, 0.1) is 0 Å². The van der Waals surface area contributed by atoms with Crippen LogP contribution in [0.2, 0.25) is 0 Å². The number of halogens is 1. The molecule has 4 N–H and O–H groups in total. The van der Waals surface area contributed by atoms with E-state index in [1.807, 2.05) is 0 Å². The van der Waals surface area contributed by atoms with Crippen LogP contribution in [-0.4, -0.2) is 9.79 Å². The molecule has 0 heterocycles. The Bertz CT molecular complexity index is 308. The first kappa shape index (κ1) is 12.5. The average Bonchev–Trinajstić information content (AvgIpc) is 1.91. The Kier molecular flexibility index (Phi) is 4.44. The Balaban J connectivity index is 0.00000144. The second kappa shape index (κ2) is 4.63. The molecule has 0 aliphatic heterocycles. The molecule has 0 saturated heterocycles. The Labute approximate surface area is 82.3 Å². The summed E-state index contributed by atoms with van der Waals surface area (Å²) < 4.78 is 10.5. The van der Waals surface area contributed by atoms with E-state index >= 15 is 0 Å². The average molecular weight is 224 g/mol. The van der Waals surface area contributed by atoms with E-state index in [4.69, 9.17) is 15.5 Å². The molecule has 0 fully saturated rings. The third kappa shape index (κ3) is 4.90. The number of benzene rings is 1. The van der Waals surface area contributed by atoms with Crippen molar-refractivity contribution in [3.63, 3.8) is 0 Å². The third-order valence-electron chi connectivity index (χ3n) is 1.37. The zero-order valence-electron chi connectivity index (χ0n) is 6.75. The van der Waals surface area contributed by atoms with Gasteiger partial charge in [0.25, 0.3) is 0 Å². The molecule has 74 valence electrons. The van der Waals surface area contributed by atoms with Gasteiger partial charge in [0, 0.05) is 5.69 Å². The minimum atomic E-state index is -3.94. The van der Waals surface area contributed by atoms with Gasteiger partial charge >= 0.3 is 7.60 Å². The quantitative estimate of drug-likeness (QED) is 0.522. The molecule has 0 spiro atoms. The van der Waals surface area contributed by atoms with E-state index < -0.39 is 7.60 Å². The maximum absolute atomic E-state index is 10.5. The summed E-state index contributed by atoms with van der Waals surface area (Å²) in [5.41, 5.74) is 6.58. The topological polar surface area (TPSA) is 83.6 Å². The predicted molar refractivity (Wildman–Crippen MR) is 53.9 cm³/mol. The molecule has 1 aromatic carbocycles. The summed E-state index contributed by atoms with van der Waals surface area (Å²) in [5, 5.41) is 0. The Hall–Kier alpha value is -0.540. The van der Waals surface area contributed by atoms with Gasteiger partial charge in [-0.3, -0.25) is 4.57 Å². The first-order valence-corrected chi connectivity index (χ1v) is 5.16. The molecule has 0 radical (unpaired) electrons. The van der Waals surface area contributed by atoms with E-state index in [0.717, 1.165) is 0 Å². The molecule has 0 aliphatic carbocycles. The normalized spacial score (nSPS) is 10.6. The van der Waals surface area contributed by atoms with Crippen molar-refractivity contribution >= 4 is 25.7 Å². The van der Waals surface area contributed by atoms with Crippen molar-refractivity contribution in [1.82, 2.24) is 0 Å². The molecular weight excluding hydrogens is 213 g/mol. The lowest BCUT2D eigenvalue weighted by molar-refractivity contribution is 0.372. The zero-order valence-corrected chi connectivity index (χ0v) is 8.46. The molecule has 6 heteroatoms. The van der Waals surface area contributed by atoms with E-state index in [1.54, 1.807) is 24.3 Å². The van der Waals surface area contributed by atoms with E-state index in [1.165, 1.54) is 0 Å². The minimum absolute atomic E-state index is 0. The van der Waals surface area contributed by atoms with Crippen molar-refractivity contribution in [3.8, 4) is 0 Å². The first-order chi connectivity index (χ1) is 5.47. The van der Waals surface area contributed by atoms with Gasteiger partial charge in [0.05, 0.1) is 6.16 Å². The van der Waals surface area contributed by atoms with Crippen LogP contribution in [0.4, 0.5) is 5.69 Å². The molecule has 0 unspecified atom stereocenters. The molecule has 0 atom stereocenters. The second-order valence-corrected chi connectivity index (χ2v) is 4.21. The number of rotatable bonds is 2. The van der Waals surface area contributed by atoms with Gasteiger partial charge in [-0.05, 0) is 17.7 Å². The van der Waals surface area contributed by atoms with Crippen molar-refractivity contribution in [2.24, 2.45) is 0 Å². The summed E-state index contributed by atoms with van der Waals surface area (Å²) in [7, 11) is -3.94. The van der Waals surface area contributed by atoms with Gasteiger partial charge in [-0.15, -0.1) is 12.4 Å². The first-order valence-electron chi connectivity index (χ1n) is 3.36. The molecular formula is C7H11ClNO3P. The highest BCUT2D eigenvalue weighted by atomic mass is 35.5. The number of hydrogen-bond donors (Lipinski definition) is 3. The van der Waals surface area contributed by atoms with E-state index in [0.29, 0.717) is 11.3 Å². The lowest BCUT2D eigenvalue weighted by Crippen LogP contribution is -1.88. The number of anilines is 1. The van der Waals surface area contributed by atoms with Crippen LogP contribution in [0.5, 0.6) is 0 Å². The van der Waals surface area contributed by atoms with Crippen LogP contribution in [-0.2, 0) is 10.7 Å². The Morgan fingerprint density at radius 2 is 1.69 bits per heavy atom. The van der Waals surface area contributed by atoms with Crippen LogP contribution >= 0.6 is 20.0 Å². The van der Waals surface area contributed by atoms with Gasteiger partial charge in [0.2, 0.25) is 0 Å². The SMILES string of the molecule is Cl.Nc1ccc(CP(=O)(O)O)cc1. The lowest BCUT2D eigenvalue weighted by atomic mass is 10.2. The summed E-state index contributed by atoms with van der Waals surface area (Å²) in [6.07, 6.45) is -0.229. The van der Waals surface area contributed by atoms with Crippen LogP contribution in [0.15, 0.2) is 24.3 Å². The van der Waals surface area contributed by atoms with Gasteiger partial charge in [-0.2, -0.15) is 0 Å². The van der Waals surface area contributed by atoms with E-state index in [9.17, 15) is 4.57 Å². The van der Waals surface area contributed by atoms with Crippen LogP contribution < -0.4 is 5.73 Å². The van der Waals surface area contributed by atoms with Gasteiger partial charge in [0.1, 0.15) is 0 Å². The van der Waals surface area contributed by atoms with E-state index in [2.05, 4.69) is 0 Å². The van der Waals surface area contributed by atoms with Crippen LogP contribution in [0.1, 0.15) is 5.56 Å². The summed E-state index contributed by atoms with van der Waals surface area (Å²) in [6, 6.07) is 6.44. The number of nitrogens with two attached hydrogens (primary N) is 1. The molecule has 0 saturated carbocycles. The summed E-state index contributed by atoms with van der Waals surface area (Å²) in [6.45, 7) is 0. The van der Waals surface area contributed by atoms with Gasteiger partial charge in [-0.1, -0.05) is 12.1 Å². The van der Waals surface area contributed by atoms with Crippen LogP contribution in [0.25, 0.3) is 0 Å². The molecule has 0 aromatic heterocycles. The molecule has 0 amide bonds. The Morgan fingerprint density at radius 3 is 2.08 bits per heavy atom. The van der Waals surface area contributed by atoms with Crippen molar-refractivity contribution in [1.29, 1.82) is 0 Å². The highest BCUT2D eigenvalue weighted by molar-refractivity contribution is 7.50. The fourth-order valence-corrected chi connectivity index (χ4v) is 1.55. The highest BCUT2D eigenvalue weighted by Gasteiger charge is 2.12. The van der Waals surface area contributed by atoms with Crippen molar-refractivity contribution in [2.75, 3.05) is 5.73 Å². The highest BCUT2D eigenvalue weighted by Crippen LogP contribution is 2.38. The lowest BCUT2D eigenvalue weighted by Gasteiger charge is -2.03. The standard InChI is InChI=1S/C7H10NO3P.ClH/c8-7-3-1-6(2-4-7)5-12(9,10)11;/h1-4H,5,8H2,(H2,9,10,11);1H. The maximum atomic E-state index is 10.5. The van der Waals surface area contributed by atoms with Crippen molar-refractivity contribution < 1.29 is 14.4 Å². The molecule has 4 nitrogen and oxygen atoms in total. The zero-order chi connectivity index (χ0) is 9.19. The van der Waals surface area contributed by atoms with Crippen LogP contribution in [0.3, 0.4) is 0 Å². The maximum Gasteiger partial charge on any atom is 0.329 e. The summed E-state index contributed by atoms with van der Waals surface area (Å²) in [4.78, 5) is 17.2. The second-order valence-electron chi connectivity index (χ2n) is 2.56. The molecule has 1 aromatic rings. The third-order valence-corrected chi connectivity index (χ3v) is 2.15. The smallest absolute Gasteiger partial charge is 0.329 e. The van der Waals surface area contributed by atoms with Crippen molar-refractivity contribution in [3.05, 3.63) is 29.8 Å². The monoisotopic (exact) mass is 223 g/mol. The summed E-state index contributed by atoms with van der Waals surface area (Å²) in [5.74, 6) is 0. The van der Waals surface area contributed by atoms with E-state index in [-0.39, 0.29) is 18.6 Å². The molecule has 1 rings (SSSR count). The minimum Gasteiger partial charge on any atom is -0.399 e. The van der Waals surface area contributed by atoms with Gasteiger partial charge in [-0.25, -0.2) is 0 Å². The fraction of sp³-hybridized carbons (Fsp3) is 0.143. The van der Waals surface area contributed by atoms with Gasteiger partial charge in [0.15, 0.2) is 0 Å². The number of hydrogen-bond acceptors (Lipinski definition) is 2. The number of nitrogen functional groups attached to an aromatic ring is 1.